The number of aromatic nitrogens is 3. The minimum Gasteiger partial charge on any atom is -0.341 e. The lowest BCUT2D eigenvalue weighted by molar-refractivity contribution is -0.130. The van der Waals surface area contributed by atoms with E-state index in [9.17, 15) is 4.79 Å². The van der Waals surface area contributed by atoms with Crippen LogP contribution in [0, 0.1) is 5.92 Å². The molecule has 0 aliphatic carbocycles. The van der Waals surface area contributed by atoms with E-state index in [4.69, 9.17) is 0 Å². The van der Waals surface area contributed by atoms with Gasteiger partial charge in [-0.05, 0) is 25.3 Å². The van der Waals surface area contributed by atoms with Gasteiger partial charge >= 0.3 is 0 Å². The van der Waals surface area contributed by atoms with Crippen LogP contribution in [0.2, 0.25) is 0 Å². The van der Waals surface area contributed by atoms with Gasteiger partial charge in [-0.25, -0.2) is 0 Å². The predicted octanol–water partition coefficient (Wildman–Crippen LogP) is -0.121. The standard InChI is InChI=1S/C12H19N5O/c18-12(3-6-17-7-5-14-15-17)16-8-10-2-1-4-13-11(10)9-16/h5,7,10-11,13H,1-4,6,8-9H2. The van der Waals surface area contributed by atoms with Gasteiger partial charge in [-0.3, -0.25) is 9.48 Å². The van der Waals surface area contributed by atoms with Crippen molar-refractivity contribution in [3.8, 4) is 0 Å². The molecule has 3 rings (SSSR count). The monoisotopic (exact) mass is 249 g/mol. The van der Waals surface area contributed by atoms with Crippen LogP contribution in [-0.2, 0) is 11.3 Å². The van der Waals surface area contributed by atoms with Gasteiger partial charge in [-0.1, -0.05) is 5.21 Å². The van der Waals surface area contributed by atoms with E-state index in [2.05, 4.69) is 15.6 Å². The number of nitrogens with zero attached hydrogens (tertiary/aromatic N) is 4. The summed E-state index contributed by atoms with van der Waals surface area (Å²) in [5, 5.41) is 11.1. The molecule has 2 fully saturated rings. The molecule has 2 saturated heterocycles. The molecular formula is C12H19N5O. The second kappa shape index (κ2) is 5.06. The number of aryl methyl sites for hydroxylation is 1. The first-order valence-corrected chi connectivity index (χ1v) is 6.68. The third-order valence-electron chi connectivity index (χ3n) is 3.98. The molecule has 0 radical (unpaired) electrons. The topological polar surface area (TPSA) is 63.1 Å². The summed E-state index contributed by atoms with van der Waals surface area (Å²) in [7, 11) is 0. The van der Waals surface area contributed by atoms with Gasteiger partial charge in [0.1, 0.15) is 0 Å². The Kier molecular flexibility index (Phi) is 3.27. The van der Waals surface area contributed by atoms with Gasteiger partial charge in [0.2, 0.25) is 5.91 Å². The molecule has 6 heteroatoms. The summed E-state index contributed by atoms with van der Waals surface area (Å²) in [4.78, 5) is 14.1. The van der Waals surface area contributed by atoms with Crippen LogP contribution in [-0.4, -0.2) is 51.5 Å². The zero-order valence-corrected chi connectivity index (χ0v) is 10.5. The fourth-order valence-electron chi connectivity index (χ4n) is 2.97. The molecule has 3 heterocycles. The molecule has 1 amide bonds. The molecule has 2 atom stereocenters. The first-order chi connectivity index (χ1) is 8.83. The molecule has 6 nitrogen and oxygen atoms in total. The van der Waals surface area contributed by atoms with Crippen LogP contribution in [0.5, 0.6) is 0 Å². The zero-order chi connectivity index (χ0) is 12.4. The second-order valence-corrected chi connectivity index (χ2v) is 5.18. The maximum Gasteiger partial charge on any atom is 0.224 e. The van der Waals surface area contributed by atoms with Gasteiger partial charge in [-0.2, -0.15) is 0 Å². The van der Waals surface area contributed by atoms with Crippen LogP contribution in [0.25, 0.3) is 0 Å². The minimum absolute atomic E-state index is 0.238. The molecule has 1 aromatic heterocycles. The molecule has 98 valence electrons. The number of carbonyl (C=O) groups excluding carboxylic acids is 1. The molecule has 1 aromatic rings. The Balaban J connectivity index is 1.51. The SMILES string of the molecule is O=C(CCn1ccnn1)N1CC2CCCNC2C1. The van der Waals surface area contributed by atoms with Gasteiger partial charge < -0.3 is 10.2 Å². The van der Waals surface area contributed by atoms with Crippen LogP contribution in [0.15, 0.2) is 12.4 Å². The van der Waals surface area contributed by atoms with Crippen molar-refractivity contribution in [1.82, 2.24) is 25.2 Å². The van der Waals surface area contributed by atoms with E-state index in [-0.39, 0.29) is 5.91 Å². The number of hydrogen-bond acceptors (Lipinski definition) is 4. The molecule has 0 spiro atoms. The minimum atomic E-state index is 0.238. The van der Waals surface area contributed by atoms with Crippen molar-refractivity contribution in [2.24, 2.45) is 5.92 Å². The molecule has 1 N–H and O–H groups in total. The van der Waals surface area contributed by atoms with Crippen molar-refractivity contribution < 1.29 is 4.79 Å². The Morgan fingerprint density at radius 3 is 3.17 bits per heavy atom. The van der Waals surface area contributed by atoms with Crippen molar-refractivity contribution in [2.45, 2.75) is 31.8 Å². The maximum atomic E-state index is 12.1. The van der Waals surface area contributed by atoms with E-state index in [1.807, 2.05) is 4.90 Å². The number of carbonyl (C=O) groups is 1. The average Bonchev–Trinajstić information content (AvgIpc) is 3.04. The Hall–Kier alpha value is -1.43. The highest BCUT2D eigenvalue weighted by Crippen LogP contribution is 2.25. The molecule has 18 heavy (non-hydrogen) atoms. The van der Waals surface area contributed by atoms with Crippen LogP contribution >= 0.6 is 0 Å². The quantitative estimate of drug-likeness (QED) is 0.811. The van der Waals surface area contributed by atoms with E-state index < -0.39 is 0 Å². The summed E-state index contributed by atoms with van der Waals surface area (Å²) in [5.41, 5.74) is 0. The van der Waals surface area contributed by atoms with Crippen molar-refractivity contribution in [2.75, 3.05) is 19.6 Å². The Morgan fingerprint density at radius 1 is 1.44 bits per heavy atom. The van der Waals surface area contributed by atoms with Crippen molar-refractivity contribution in [1.29, 1.82) is 0 Å². The first kappa shape index (κ1) is 11.6. The van der Waals surface area contributed by atoms with E-state index >= 15 is 0 Å². The number of nitrogens with one attached hydrogen (secondary N) is 1. The largest absolute Gasteiger partial charge is 0.341 e. The van der Waals surface area contributed by atoms with Gasteiger partial charge in [0, 0.05) is 31.7 Å². The lowest BCUT2D eigenvalue weighted by atomic mass is 9.94. The Bertz CT molecular complexity index is 391. The number of amides is 1. The summed E-state index contributed by atoms with van der Waals surface area (Å²) in [6, 6.07) is 0.522. The van der Waals surface area contributed by atoms with E-state index in [0.29, 0.717) is 24.9 Å². The third kappa shape index (κ3) is 2.38. The molecule has 0 bridgehead atoms. The smallest absolute Gasteiger partial charge is 0.224 e. The molecule has 2 aliphatic heterocycles. The molecule has 0 saturated carbocycles. The van der Waals surface area contributed by atoms with Crippen molar-refractivity contribution in [3.63, 3.8) is 0 Å². The average molecular weight is 249 g/mol. The number of rotatable bonds is 3. The number of likely N-dealkylation sites (tertiary alicyclic amines) is 1. The van der Waals surface area contributed by atoms with Crippen molar-refractivity contribution in [3.05, 3.63) is 12.4 Å². The van der Waals surface area contributed by atoms with Crippen LogP contribution < -0.4 is 5.32 Å². The van der Waals surface area contributed by atoms with Gasteiger partial charge in [0.05, 0.1) is 12.7 Å². The van der Waals surface area contributed by atoms with Crippen LogP contribution in [0.1, 0.15) is 19.3 Å². The van der Waals surface area contributed by atoms with Gasteiger partial charge in [0.15, 0.2) is 0 Å². The molecular weight excluding hydrogens is 230 g/mol. The first-order valence-electron chi connectivity index (χ1n) is 6.68. The summed E-state index contributed by atoms with van der Waals surface area (Å²) in [5.74, 6) is 0.899. The number of piperidine rings is 1. The fraction of sp³-hybridized carbons (Fsp3) is 0.750. The lowest BCUT2D eigenvalue weighted by Gasteiger charge is -2.24. The molecule has 0 aromatic carbocycles. The number of hydrogen-bond donors (Lipinski definition) is 1. The van der Waals surface area contributed by atoms with Gasteiger partial charge in [0.25, 0.3) is 0 Å². The summed E-state index contributed by atoms with van der Waals surface area (Å²) in [6.07, 6.45) is 6.44. The highest BCUT2D eigenvalue weighted by Gasteiger charge is 2.35. The maximum absolute atomic E-state index is 12.1. The lowest BCUT2D eigenvalue weighted by Crippen LogP contribution is -2.41. The van der Waals surface area contributed by atoms with E-state index in [0.717, 1.165) is 19.6 Å². The van der Waals surface area contributed by atoms with Crippen LogP contribution in [0.3, 0.4) is 0 Å². The summed E-state index contributed by atoms with van der Waals surface area (Å²) >= 11 is 0. The molecule has 2 aliphatic rings. The van der Waals surface area contributed by atoms with Gasteiger partial charge in [-0.15, -0.1) is 5.10 Å². The Labute approximate surface area is 106 Å². The molecule has 2 unspecified atom stereocenters. The van der Waals surface area contributed by atoms with Crippen molar-refractivity contribution >= 4 is 5.91 Å². The highest BCUT2D eigenvalue weighted by molar-refractivity contribution is 5.76. The Morgan fingerprint density at radius 2 is 2.39 bits per heavy atom. The normalized spacial score (nSPS) is 27.2. The highest BCUT2D eigenvalue weighted by atomic mass is 16.2. The fourth-order valence-corrected chi connectivity index (χ4v) is 2.97. The zero-order valence-electron chi connectivity index (χ0n) is 10.5. The summed E-state index contributed by atoms with van der Waals surface area (Å²) in [6.45, 7) is 3.52. The second-order valence-electron chi connectivity index (χ2n) is 5.18. The third-order valence-corrected chi connectivity index (χ3v) is 3.98. The summed E-state index contributed by atoms with van der Waals surface area (Å²) < 4.78 is 1.71. The van der Waals surface area contributed by atoms with E-state index in [1.54, 1.807) is 17.1 Å². The predicted molar refractivity (Wildman–Crippen MR) is 65.7 cm³/mol. The number of fused-ring (bicyclic) bond motifs is 1. The van der Waals surface area contributed by atoms with Crippen LogP contribution in [0.4, 0.5) is 0 Å². The van der Waals surface area contributed by atoms with E-state index in [1.165, 1.54) is 12.8 Å².